The lowest BCUT2D eigenvalue weighted by Crippen LogP contribution is -2.26. The molecule has 1 aromatic carbocycles. The van der Waals surface area contributed by atoms with Gasteiger partial charge in [-0.2, -0.15) is 0 Å². The van der Waals surface area contributed by atoms with Crippen LogP contribution in [0.15, 0.2) is 18.2 Å². The predicted octanol–water partition coefficient (Wildman–Crippen LogP) is 1.74. The first-order valence-electron chi connectivity index (χ1n) is 6.62. The van der Waals surface area contributed by atoms with Crippen LogP contribution in [0.5, 0.6) is 5.75 Å². The lowest BCUT2D eigenvalue weighted by Gasteiger charge is -2.15. The number of ether oxygens (including phenoxy) is 1. The normalized spacial score (nSPS) is 19.1. The summed E-state index contributed by atoms with van der Waals surface area (Å²) < 4.78 is 5.18. The number of aliphatic hydroxyl groups is 1. The van der Waals surface area contributed by atoms with Crippen LogP contribution in [0, 0.1) is 0 Å². The molecular formula is C14H19ClN2O3. The van der Waals surface area contributed by atoms with E-state index in [0.717, 1.165) is 13.0 Å². The highest BCUT2D eigenvalue weighted by molar-refractivity contribution is 6.31. The van der Waals surface area contributed by atoms with E-state index in [1.165, 1.54) is 0 Å². The third-order valence-electron chi connectivity index (χ3n) is 3.34. The molecule has 1 aliphatic rings. The van der Waals surface area contributed by atoms with E-state index in [0.29, 0.717) is 36.0 Å². The molecule has 6 heteroatoms. The monoisotopic (exact) mass is 298 g/mol. The molecule has 1 aliphatic heterocycles. The minimum absolute atomic E-state index is 0.0908. The maximum absolute atomic E-state index is 11.9. The molecule has 1 aromatic rings. The van der Waals surface area contributed by atoms with Crippen molar-refractivity contribution < 1.29 is 14.6 Å². The maximum Gasteiger partial charge on any atom is 0.225 e. The number of amides is 1. The number of carbonyl (C=O) groups is 1. The number of likely N-dealkylation sites (tertiary alicyclic amines) is 1. The van der Waals surface area contributed by atoms with Gasteiger partial charge in [0.25, 0.3) is 0 Å². The van der Waals surface area contributed by atoms with E-state index >= 15 is 0 Å². The zero-order valence-corrected chi connectivity index (χ0v) is 12.2. The highest BCUT2D eigenvalue weighted by Crippen LogP contribution is 2.27. The molecule has 2 rings (SSSR count). The number of benzene rings is 1. The van der Waals surface area contributed by atoms with Crippen molar-refractivity contribution in [2.24, 2.45) is 0 Å². The van der Waals surface area contributed by atoms with Gasteiger partial charge in [0.1, 0.15) is 5.75 Å². The molecule has 0 saturated carbocycles. The summed E-state index contributed by atoms with van der Waals surface area (Å²) in [6, 6.07) is 5.09. The molecule has 1 heterocycles. The second-order valence-electron chi connectivity index (χ2n) is 4.89. The molecule has 2 N–H and O–H groups in total. The number of hydrogen-bond donors (Lipinski definition) is 2. The van der Waals surface area contributed by atoms with Gasteiger partial charge >= 0.3 is 0 Å². The highest BCUT2D eigenvalue weighted by atomic mass is 35.5. The molecule has 0 bridgehead atoms. The Kier molecular flexibility index (Phi) is 5.23. The Morgan fingerprint density at radius 3 is 3.05 bits per heavy atom. The van der Waals surface area contributed by atoms with Crippen LogP contribution in [-0.2, 0) is 4.79 Å². The Bertz CT molecular complexity index is 481. The molecule has 20 heavy (non-hydrogen) atoms. The van der Waals surface area contributed by atoms with Crippen molar-refractivity contribution in [2.75, 3.05) is 32.1 Å². The third kappa shape index (κ3) is 4.10. The Labute approximate surface area is 123 Å². The Balaban J connectivity index is 1.86. The van der Waals surface area contributed by atoms with E-state index in [-0.39, 0.29) is 12.0 Å². The molecular weight excluding hydrogens is 280 g/mol. The number of nitrogens with zero attached hydrogens (tertiary/aromatic N) is 1. The van der Waals surface area contributed by atoms with Crippen molar-refractivity contribution in [3.8, 4) is 5.75 Å². The Morgan fingerprint density at radius 1 is 1.60 bits per heavy atom. The fraction of sp³-hybridized carbons (Fsp3) is 0.500. The lowest BCUT2D eigenvalue weighted by atomic mass is 10.2. The molecule has 1 amide bonds. The van der Waals surface area contributed by atoms with Crippen molar-refractivity contribution >= 4 is 23.2 Å². The van der Waals surface area contributed by atoms with Crippen LogP contribution in [0.3, 0.4) is 0 Å². The van der Waals surface area contributed by atoms with Gasteiger partial charge in [0.15, 0.2) is 0 Å². The molecule has 110 valence electrons. The van der Waals surface area contributed by atoms with Gasteiger partial charge in [-0.1, -0.05) is 11.6 Å². The van der Waals surface area contributed by atoms with Gasteiger partial charge < -0.3 is 20.1 Å². The smallest absolute Gasteiger partial charge is 0.225 e. The van der Waals surface area contributed by atoms with Gasteiger partial charge in [0.2, 0.25) is 5.91 Å². The molecule has 0 aliphatic carbocycles. The fourth-order valence-corrected chi connectivity index (χ4v) is 2.44. The average Bonchev–Trinajstić information content (AvgIpc) is 2.83. The first-order valence-corrected chi connectivity index (χ1v) is 7.00. The largest absolute Gasteiger partial charge is 0.495 e. The molecule has 1 atom stereocenters. The number of carbonyl (C=O) groups excluding carboxylic acids is 1. The molecule has 0 unspecified atom stereocenters. The molecule has 1 fully saturated rings. The third-order valence-corrected chi connectivity index (χ3v) is 3.57. The zero-order valence-electron chi connectivity index (χ0n) is 11.4. The second-order valence-corrected chi connectivity index (χ2v) is 5.32. The number of methoxy groups -OCH3 is 1. The van der Waals surface area contributed by atoms with Crippen LogP contribution in [0.25, 0.3) is 0 Å². The fourth-order valence-electron chi connectivity index (χ4n) is 2.27. The van der Waals surface area contributed by atoms with Gasteiger partial charge in [-0.3, -0.25) is 4.79 Å². The minimum Gasteiger partial charge on any atom is -0.495 e. The first-order chi connectivity index (χ1) is 9.58. The average molecular weight is 299 g/mol. The van der Waals surface area contributed by atoms with E-state index in [2.05, 4.69) is 10.2 Å². The minimum atomic E-state index is -0.258. The van der Waals surface area contributed by atoms with Crippen molar-refractivity contribution in [1.29, 1.82) is 0 Å². The van der Waals surface area contributed by atoms with Crippen molar-refractivity contribution in [3.63, 3.8) is 0 Å². The van der Waals surface area contributed by atoms with Gasteiger partial charge in [0, 0.05) is 31.1 Å². The van der Waals surface area contributed by atoms with Crippen LogP contribution < -0.4 is 10.1 Å². The molecule has 0 spiro atoms. The molecule has 0 aromatic heterocycles. The SMILES string of the molecule is COc1ccc(Cl)cc1NC(=O)CCN1CC[C@H](O)C1. The number of aliphatic hydroxyl groups excluding tert-OH is 1. The van der Waals surface area contributed by atoms with Crippen molar-refractivity contribution in [1.82, 2.24) is 4.90 Å². The summed E-state index contributed by atoms with van der Waals surface area (Å²) in [5.41, 5.74) is 0.575. The van der Waals surface area contributed by atoms with Crippen LogP contribution in [-0.4, -0.2) is 48.8 Å². The molecule has 0 radical (unpaired) electrons. The summed E-state index contributed by atoms with van der Waals surface area (Å²) in [6.07, 6.45) is 0.901. The summed E-state index contributed by atoms with van der Waals surface area (Å²) in [5.74, 6) is 0.492. The molecule has 5 nitrogen and oxygen atoms in total. The lowest BCUT2D eigenvalue weighted by molar-refractivity contribution is -0.116. The van der Waals surface area contributed by atoms with Crippen molar-refractivity contribution in [2.45, 2.75) is 18.9 Å². The van der Waals surface area contributed by atoms with Gasteiger partial charge in [-0.05, 0) is 24.6 Å². The Morgan fingerprint density at radius 2 is 2.40 bits per heavy atom. The topological polar surface area (TPSA) is 61.8 Å². The van der Waals surface area contributed by atoms with Gasteiger partial charge in [-0.15, -0.1) is 0 Å². The predicted molar refractivity (Wildman–Crippen MR) is 78.3 cm³/mol. The second kappa shape index (κ2) is 6.92. The zero-order chi connectivity index (χ0) is 14.5. The van der Waals surface area contributed by atoms with Crippen LogP contribution in [0.4, 0.5) is 5.69 Å². The van der Waals surface area contributed by atoms with E-state index in [9.17, 15) is 9.90 Å². The standard InChI is InChI=1S/C14H19ClN2O3/c1-20-13-3-2-10(15)8-12(13)16-14(19)5-7-17-6-4-11(18)9-17/h2-3,8,11,18H,4-7,9H2,1H3,(H,16,19)/t11-/m0/s1. The van der Waals surface area contributed by atoms with E-state index in [1.54, 1.807) is 25.3 Å². The number of halogens is 1. The highest BCUT2D eigenvalue weighted by Gasteiger charge is 2.20. The summed E-state index contributed by atoms with van der Waals surface area (Å²) in [6.45, 7) is 2.13. The summed E-state index contributed by atoms with van der Waals surface area (Å²) in [7, 11) is 1.55. The number of rotatable bonds is 5. The number of anilines is 1. The number of β-amino-alcohol motifs (C(OH)–C–C–N with tert-alkyl or cyclic N) is 1. The van der Waals surface area contributed by atoms with Crippen molar-refractivity contribution in [3.05, 3.63) is 23.2 Å². The van der Waals surface area contributed by atoms with Crippen LogP contribution >= 0.6 is 11.6 Å². The van der Waals surface area contributed by atoms with Gasteiger partial charge in [0.05, 0.1) is 18.9 Å². The molecule has 1 saturated heterocycles. The van der Waals surface area contributed by atoms with E-state index in [1.807, 2.05) is 0 Å². The van der Waals surface area contributed by atoms with E-state index < -0.39 is 0 Å². The number of hydrogen-bond acceptors (Lipinski definition) is 4. The first kappa shape index (κ1) is 15.1. The van der Waals surface area contributed by atoms with Crippen LogP contribution in [0.1, 0.15) is 12.8 Å². The summed E-state index contributed by atoms with van der Waals surface area (Å²) >= 11 is 5.91. The quantitative estimate of drug-likeness (QED) is 0.869. The summed E-state index contributed by atoms with van der Waals surface area (Å²) in [5, 5.41) is 12.8. The van der Waals surface area contributed by atoms with E-state index in [4.69, 9.17) is 16.3 Å². The maximum atomic E-state index is 11.9. The Hall–Kier alpha value is -1.30. The van der Waals surface area contributed by atoms with Crippen LogP contribution in [0.2, 0.25) is 5.02 Å². The summed E-state index contributed by atoms with van der Waals surface area (Å²) in [4.78, 5) is 14.0. The van der Waals surface area contributed by atoms with Gasteiger partial charge in [-0.25, -0.2) is 0 Å². The number of nitrogens with one attached hydrogen (secondary N) is 1.